The van der Waals surface area contributed by atoms with E-state index in [-0.39, 0.29) is 16.9 Å². The van der Waals surface area contributed by atoms with Crippen molar-refractivity contribution in [1.82, 2.24) is 9.29 Å². The zero-order valence-electron chi connectivity index (χ0n) is 21.5. The number of fused-ring (bicyclic) bond motifs is 1. The maximum absolute atomic E-state index is 13.7. The van der Waals surface area contributed by atoms with Crippen molar-refractivity contribution < 1.29 is 17.9 Å². The lowest BCUT2D eigenvalue weighted by atomic mass is 10.1. The summed E-state index contributed by atoms with van der Waals surface area (Å²) < 4.78 is 34.7. The first-order valence-corrected chi connectivity index (χ1v) is 14.9. The average Bonchev–Trinajstić information content (AvgIpc) is 3.52. The summed E-state index contributed by atoms with van der Waals surface area (Å²) in [6.07, 6.45) is 3.32. The molecule has 1 fully saturated rings. The van der Waals surface area contributed by atoms with E-state index in [9.17, 15) is 13.2 Å². The molecule has 1 amide bonds. The monoisotopic (exact) mass is 529 g/mol. The molecule has 0 spiro atoms. The maximum Gasteiger partial charge on any atom is 0.260 e. The molecule has 1 atom stereocenters. The van der Waals surface area contributed by atoms with Crippen LogP contribution in [-0.2, 0) is 14.8 Å². The Balaban J connectivity index is 1.65. The second kappa shape index (κ2) is 11.4. The van der Waals surface area contributed by atoms with Crippen molar-refractivity contribution in [3.63, 3.8) is 0 Å². The molecule has 2 aromatic carbocycles. The maximum atomic E-state index is 13.7. The van der Waals surface area contributed by atoms with Gasteiger partial charge >= 0.3 is 0 Å². The van der Waals surface area contributed by atoms with Crippen LogP contribution in [0.25, 0.3) is 10.2 Å². The first-order valence-electron chi connectivity index (χ1n) is 12.7. The van der Waals surface area contributed by atoms with Crippen molar-refractivity contribution in [3.8, 4) is 0 Å². The molecule has 1 unspecified atom stereocenters. The molecule has 0 aliphatic carbocycles. The Bertz CT molecular complexity index is 1310. The summed E-state index contributed by atoms with van der Waals surface area (Å²) in [4.78, 5) is 20.5. The minimum Gasteiger partial charge on any atom is -0.376 e. The van der Waals surface area contributed by atoms with Crippen LogP contribution in [0.3, 0.4) is 0 Å². The van der Waals surface area contributed by atoms with Crippen molar-refractivity contribution in [2.75, 3.05) is 31.1 Å². The van der Waals surface area contributed by atoms with Crippen LogP contribution in [0.2, 0.25) is 0 Å². The van der Waals surface area contributed by atoms with Gasteiger partial charge in [0.25, 0.3) is 5.91 Å². The van der Waals surface area contributed by atoms with Gasteiger partial charge in [-0.25, -0.2) is 13.4 Å². The van der Waals surface area contributed by atoms with Gasteiger partial charge in [0.1, 0.15) is 0 Å². The van der Waals surface area contributed by atoms with Crippen LogP contribution in [0.15, 0.2) is 41.3 Å². The lowest BCUT2D eigenvalue weighted by molar-refractivity contribution is 0.0917. The van der Waals surface area contributed by atoms with Crippen LogP contribution in [0.1, 0.15) is 61.0 Å². The molecule has 194 valence electrons. The van der Waals surface area contributed by atoms with Crippen LogP contribution in [0.5, 0.6) is 0 Å². The molecule has 1 aliphatic rings. The third kappa shape index (κ3) is 5.64. The topological polar surface area (TPSA) is 79.8 Å². The van der Waals surface area contributed by atoms with Crippen LogP contribution in [0.4, 0.5) is 5.13 Å². The molecule has 1 saturated heterocycles. The highest BCUT2D eigenvalue weighted by molar-refractivity contribution is 7.89. The second-order valence-electron chi connectivity index (χ2n) is 9.40. The van der Waals surface area contributed by atoms with Gasteiger partial charge in [-0.05, 0) is 81.0 Å². The Hall–Kier alpha value is -2.33. The molecular formula is C27H35N3O4S2. The molecule has 0 bridgehead atoms. The first kappa shape index (κ1) is 26.7. The molecule has 0 radical (unpaired) electrons. The Kier molecular flexibility index (Phi) is 8.44. The van der Waals surface area contributed by atoms with Crippen LogP contribution < -0.4 is 4.90 Å². The van der Waals surface area contributed by atoms with Crippen molar-refractivity contribution >= 4 is 42.6 Å². The first-order chi connectivity index (χ1) is 17.2. The zero-order valence-corrected chi connectivity index (χ0v) is 23.1. The number of nitrogens with zero attached hydrogens (tertiary/aromatic N) is 3. The number of rotatable bonds is 10. The number of anilines is 1. The van der Waals surface area contributed by atoms with Gasteiger partial charge in [0.2, 0.25) is 10.0 Å². The normalized spacial score (nSPS) is 16.2. The highest BCUT2D eigenvalue weighted by Crippen LogP contribution is 2.33. The number of sulfonamides is 1. The minimum atomic E-state index is -3.61. The van der Waals surface area contributed by atoms with E-state index in [2.05, 4.69) is 19.1 Å². The molecule has 9 heteroatoms. The van der Waals surface area contributed by atoms with Gasteiger partial charge in [0.05, 0.1) is 27.8 Å². The number of ether oxygens (including phenoxy) is 1. The molecule has 4 rings (SSSR count). The number of carbonyl (C=O) groups is 1. The summed E-state index contributed by atoms with van der Waals surface area (Å²) in [5, 5.41) is 0.632. The molecule has 0 saturated carbocycles. The van der Waals surface area contributed by atoms with E-state index in [1.165, 1.54) is 27.8 Å². The van der Waals surface area contributed by atoms with E-state index in [4.69, 9.17) is 9.72 Å². The highest BCUT2D eigenvalue weighted by atomic mass is 32.2. The fourth-order valence-electron chi connectivity index (χ4n) is 4.64. The zero-order chi connectivity index (χ0) is 25.9. The average molecular weight is 530 g/mol. The molecule has 3 aromatic rings. The summed E-state index contributed by atoms with van der Waals surface area (Å²) in [7, 11) is -3.61. The van der Waals surface area contributed by atoms with Gasteiger partial charge in [-0.2, -0.15) is 4.31 Å². The lowest BCUT2D eigenvalue weighted by Gasteiger charge is -2.23. The second-order valence-corrected chi connectivity index (χ2v) is 12.4. The van der Waals surface area contributed by atoms with Crippen molar-refractivity contribution in [3.05, 3.63) is 53.1 Å². The largest absolute Gasteiger partial charge is 0.376 e. The summed E-state index contributed by atoms with van der Waals surface area (Å²) >= 11 is 1.50. The van der Waals surface area contributed by atoms with Crippen LogP contribution in [-0.4, -0.2) is 56.0 Å². The number of thiazole rings is 1. The number of hydrogen-bond donors (Lipinski definition) is 0. The summed E-state index contributed by atoms with van der Waals surface area (Å²) in [6, 6.07) is 10.5. The van der Waals surface area contributed by atoms with E-state index >= 15 is 0 Å². The SMILES string of the molecule is CCCN(CCC)S(=O)(=O)c1ccc(C(=O)N(CC2CCCO2)c2nc3c(C)cc(C)cc3s2)cc1. The predicted molar refractivity (Wildman–Crippen MR) is 146 cm³/mol. The number of benzene rings is 2. The lowest BCUT2D eigenvalue weighted by Crippen LogP contribution is -2.37. The number of aryl methyl sites for hydroxylation is 2. The Labute approximate surface area is 218 Å². The molecule has 1 aliphatic heterocycles. The standard InChI is InChI=1S/C27H35N3O4S2/c1-5-13-29(14-6-2)36(32,33)23-11-9-21(10-12-23)26(31)30(18-22-8-7-15-34-22)27-28-25-20(4)16-19(3)17-24(25)35-27/h9-12,16-17,22H,5-8,13-15,18H2,1-4H3. The smallest absolute Gasteiger partial charge is 0.260 e. The molecule has 2 heterocycles. The quantitative estimate of drug-likeness (QED) is 0.344. The number of carbonyl (C=O) groups excluding carboxylic acids is 1. The predicted octanol–water partition coefficient (Wildman–Crippen LogP) is 5.55. The summed E-state index contributed by atoms with van der Waals surface area (Å²) in [6.45, 7) is 10.1. The highest BCUT2D eigenvalue weighted by Gasteiger charge is 2.28. The van der Waals surface area contributed by atoms with E-state index < -0.39 is 10.0 Å². The van der Waals surface area contributed by atoms with Crippen LogP contribution in [0, 0.1) is 13.8 Å². The summed E-state index contributed by atoms with van der Waals surface area (Å²) in [5.74, 6) is -0.207. The van der Waals surface area contributed by atoms with E-state index in [0.717, 1.165) is 47.0 Å². The van der Waals surface area contributed by atoms with Gasteiger partial charge < -0.3 is 4.74 Å². The number of aromatic nitrogens is 1. The van der Waals surface area contributed by atoms with Crippen molar-refractivity contribution in [2.24, 2.45) is 0 Å². The van der Waals surface area contributed by atoms with Crippen molar-refractivity contribution in [1.29, 1.82) is 0 Å². The fourth-order valence-corrected chi connectivity index (χ4v) is 7.41. The molecular weight excluding hydrogens is 494 g/mol. The molecule has 1 aromatic heterocycles. The van der Waals surface area contributed by atoms with Gasteiger partial charge in [-0.3, -0.25) is 9.69 Å². The number of amides is 1. The third-order valence-electron chi connectivity index (χ3n) is 6.39. The number of hydrogen-bond acceptors (Lipinski definition) is 6. The minimum absolute atomic E-state index is 0.0416. The summed E-state index contributed by atoms with van der Waals surface area (Å²) in [5.41, 5.74) is 3.57. The van der Waals surface area contributed by atoms with E-state index in [1.54, 1.807) is 17.0 Å². The molecule has 36 heavy (non-hydrogen) atoms. The van der Waals surface area contributed by atoms with Gasteiger partial charge in [0.15, 0.2) is 5.13 Å². The van der Waals surface area contributed by atoms with E-state index in [1.807, 2.05) is 20.8 Å². The third-order valence-corrected chi connectivity index (χ3v) is 9.33. The Morgan fingerprint density at radius 1 is 1.11 bits per heavy atom. The Morgan fingerprint density at radius 3 is 2.42 bits per heavy atom. The molecule has 0 N–H and O–H groups in total. The van der Waals surface area contributed by atoms with Crippen molar-refractivity contribution in [2.45, 2.75) is 64.4 Å². The van der Waals surface area contributed by atoms with Gasteiger partial charge in [-0.1, -0.05) is 31.3 Å². The van der Waals surface area contributed by atoms with E-state index in [0.29, 0.717) is 36.9 Å². The Morgan fingerprint density at radius 2 is 1.81 bits per heavy atom. The van der Waals surface area contributed by atoms with Gasteiger partial charge in [-0.15, -0.1) is 0 Å². The van der Waals surface area contributed by atoms with Gasteiger partial charge in [0, 0.05) is 25.3 Å². The molecule has 7 nitrogen and oxygen atoms in total. The fraction of sp³-hybridized carbons (Fsp3) is 0.481. The van der Waals surface area contributed by atoms with Crippen LogP contribution >= 0.6 is 11.3 Å².